The molecular formula is C14H11ClN4O. The molecule has 100 valence electrons. The summed E-state index contributed by atoms with van der Waals surface area (Å²) in [5.41, 5.74) is 2.21. The van der Waals surface area contributed by atoms with Gasteiger partial charge >= 0.3 is 6.03 Å². The summed E-state index contributed by atoms with van der Waals surface area (Å²) in [5.74, 6) is 0. The molecule has 0 saturated carbocycles. The van der Waals surface area contributed by atoms with Crippen molar-refractivity contribution in [3.63, 3.8) is 0 Å². The van der Waals surface area contributed by atoms with Crippen molar-refractivity contribution in [2.24, 2.45) is 0 Å². The summed E-state index contributed by atoms with van der Waals surface area (Å²) in [5, 5.41) is 11.2. The van der Waals surface area contributed by atoms with Gasteiger partial charge in [-0.2, -0.15) is 4.68 Å². The number of hydrogen-bond donors (Lipinski definition) is 1. The van der Waals surface area contributed by atoms with Gasteiger partial charge in [0.25, 0.3) is 0 Å². The smallest absolute Gasteiger partial charge is 0.332 e. The van der Waals surface area contributed by atoms with Gasteiger partial charge in [0.1, 0.15) is 5.52 Å². The third-order valence-corrected chi connectivity index (χ3v) is 3.30. The Morgan fingerprint density at radius 2 is 1.90 bits per heavy atom. The lowest BCUT2D eigenvalue weighted by Gasteiger charge is -2.06. The standard InChI is InChI=1S/C14H11ClN4O/c15-11-6-2-1-5-10(11)9-16-14(20)19-13-8-4-3-7-12(13)17-18-19/h1-8H,9H2,(H,16,20). The minimum Gasteiger partial charge on any atom is -0.332 e. The first-order valence-electron chi connectivity index (χ1n) is 6.08. The molecule has 0 fully saturated rings. The van der Waals surface area contributed by atoms with Crippen molar-refractivity contribution in [1.82, 2.24) is 20.3 Å². The highest BCUT2D eigenvalue weighted by atomic mass is 35.5. The largest absolute Gasteiger partial charge is 0.344 e. The number of aromatic nitrogens is 3. The Labute approximate surface area is 120 Å². The van der Waals surface area contributed by atoms with Crippen molar-refractivity contribution in [2.75, 3.05) is 0 Å². The maximum Gasteiger partial charge on any atom is 0.344 e. The van der Waals surface area contributed by atoms with Crippen LogP contribution in [0.2, 0.25) is 5.02 Å². The molecular weight excluding hydrogens is 276 g/mol. The second-order valence-corrected chi connectivity index (χ2v) is 4.65. The number of amides is 1. The van der Waals surface area contributed by atoms with Crippen molar-refractivity contribution in [3.05, 3.63) is 59.1 Å². The van der Waals surface area contributed by atoms with E-state index in [9.17, 15) is 4.79 Å². The van der Waals surface area contributed by atoms with Gasteiger partial charge in [-0.1, -0.05) is 47.1 Å². The molecule has 0 unspecified atom stereocenters. The molecule has 1 heterocycles. The van der Waals surface area contributed by atoms with Crippen LogP contribution in [-0.4, -0.2) is 21.0 Å². The van der Waals surface area contributed by atoms with Crippen LogP contribution in [0, 0.1) is 0 Å². The number of hydrogen-bond acceptors (Lipinski definition) is 3. The van der Waals surface area contributed by atoms with Crippen molar-refractivity contribution >= 4 is 28.7 Å². The molecule has 1 aromatic heterocycles. The van der Waals surface area contributed by atoms with Gasteiger partial charge in [0, 0.05) is 11.6 Å². The highest BCUT2D eigenvalue weighted by Crippen LogP contribution is 2.14. The topological polar surface area (TPSA) is 59.8 Å². The number of nitrogens with one attached hydrogen (secondary N) is 1. The van der Waals surface area contributed by atoms with E-state index in [-0.39, 0.29) is 6.03 Å². The molecule has 3 rings (SSSR count). The zero-order valence-corrected chi connectivity index (χ0v) is 11.2. The number of nitrogens with zero attached hydrogens (tertiary/aromatic N) is 3. The van der Waals surface area contributed by atoms with Gasteiger partial charge in [0.05, 0.1) is 5.52 Å². The van der Waals surface area contributed by atoms with Gasteiger partial charge in [-0.3, -0.25) is 0 Å². The molecule has 0 atom stereocenters. The summed E-state index contributed by atoms with van der Waals surface area (Å²) >= 11 is 6.04. The highest BCUT2D eigenvalue weighted by molar-refractivity contribution is 6.31. The lowest BCUT2D eigenvalue weighted by molar-refractivity contribution is 0.239. The van der Waals surface area contributed by atoms with Crippen LogP contribution in [0.4, 0.5) is 4.79 Å². The third-order valence-electron chi connectivity index (χ3n) is 2.93. The average Bonchev–Trinajstić information content (AvgIpc) is 2.90. The maximum atomic E-state index is 12.1. The van der Waals surface area contributed by atoms with Crippen LogP contribution in [0.1, 0.15) is 5.56 Å². The molecule has 0 aliphatic carbocycles. The summed E-state index contributed by atoms with van der Waals surface area (Å²) in [6.45, 7) is 0.340. The lowest BCUT2D eigenvalue weighted by atomic mass is 10.2. The Kier molecular flexibility index (Phi) is 3.35. The van der Waals surface area contributed by atoms with Gasteiger partial charge in [-0.05, 0) is 23.8 Å². The Morgan fingerprint density at radius 3 is 2.75 bits per heavy atom. The predicted molar refractivity (Wildman–Crippen MR) is 76.6 cm³/mol. The molecule has 0 aliphatic rings. The summed E-state index contributed by atoms with van der Waals surface area (Å²) in [6, 6.07) is 14.3. The average molecular weight is 287 g/mol. The van der Waals surface area contributed by atoms with Crippen LogP contribution < -0.4 is 5.32 Å². The molecule has 0 bridgehead atoms. The van der Waals surface area contributed by atoms with E-state index in [2.05, 4.69) is 15.6 Å². The van der Waals surface area contributed by atoms with Crippen LogP contribution in [0.5, 0.6) is 0 Å². The molecule has 20 heavy (non-hydrogen) atoms. The first kappa shape index (κ1) is 12.6. The van der Waals surface area contributed by atoms with E-state index >= 15 is 0 Å². The quantitative estimate of drug-likeness (QED) is 0.788. The fourth-order valence-electron chi connectivity index (χ4n) is 1.91. The number of para-hydroxylation sites is 1. The number of benzene rings is 2. The predicted octanol–water partition coefficient (Wildman–Crippen LogP) is 2.84. The number of halogens is 1. The van der Waals surface area contributed by atoms with Crippen LogP contribution in [0.25, 0.3) is 11.0 Å². The van der Waals surface area contributed by atoms with E-state index in [1.54, 1.807) is 18.2 Å². The normalized spacial score (nSPS) is 10.7. The SMILES string of the molecule is O=C(NCc1ccccc1Cl)n1nnc2ccccc21. The summed E-state index contributed by atoms with van der Waals surface area (Å²) < 4.78 is 1.24. The van der Waals surface area contributed by atoms with Gasteiger partial charge in [-0.15, -0.1) is 5.10 Å². The molecule has 0 saturated heterocycles. The molecule has 0 radical (unpaired) electrons. The molecule has 6 heteroatoms. The van der Waals surface area contributed by atoms with Crippen molar-refractivity contribution in [3.8, 4) is 0 Å². The molecule has 1 amide bonds. The zero-order chi connectivity index (χ0) is 13.9. The summed E-state index contributed by atoms with van der Waals surface area (Å²) in [4.78, 5) is 12.1. The van der Waals surface area contributed by atoms with Gasteiger partial charge in [0.2, 0.25) is 0 Å². The summed E-state index contributed by atoms with van der Waals surface area (Å²) in [6.07, 6.45) is 0. The highest BCUT2D eigenvalue weighted by Gasteiger charge is 2.11. The number of carbonyl (C=O) groups excluding carboxylic acids is 1. The second-order valence-electron chi connectivity index (χ2n) is 4.24. The number of carbonyl (C=O) groups is 1. The Hall–Kier alpha value is -2.40. The first-order valence-corrected chi connectivity index (χ1v) is 6.45. The van der Waals surface area contributed by atoms with E-state index < -0.39 is 0 Å². The second kappa shape index (κ2) is 5.30. The minimum atomic E-state index is -0.335. The maximum absolute atomic E-state index is 12.1. The Balaban J connectivity index is 1.79. The van der Waals surface area contributed by atoms with Crippen molar-refractivity contribution in [2.45, 2.75) is 6.54 Å². The Bertz CT molecular complexity index is 768. The molecule has 0 spiro atoms. The molecule has 2 aromatic carbocycles. The Morgan fingerprint density at radius 1 is 1.15 bits per heavy atom. The zero-order valence-electron chi connectivity index (χ0n) is 10.5. The monoisotopic (exact) mass is 286 g/mol. The van der Waals surface area contributed by atoms with E-state index in [0.29, 0.717) is 22.6 Å². The van der Waals surface area contributed by atoms with Crippen LogP contribution in [-0.2, 0) is 6.54 Å². The minimum absolute atomic E-state index is 0.335. The van der Waals surface area contributed by atoms with Gasteiger partial charge in [-0.25, -0.2) is 4.79 Å². The van der Waals surface area contributed by atoms with Crippen LogP contribution in [0.15, 0.2) is 48.5 Å². The van der Waals surface area contributed by atoms with E-state index in [0.717, 1.165) is 5.56 Å². The van der Waals surface area contributed by atoms with Crippen molar-refractivity contribution in [1.29, 1.82) is 0 Å². The van der Waals surface area contributed by atoms with E-state index in [4.69, 9.17) is 11.6 Å². The lowest BCUT2D eigenvalue weighted by Crippen LogP contribution is -2.29. The summed E-state index contributed by atoms with van der Waals surface area (Å²) in [7, 11) is 0. The van der Waals surface area contributed by atoms with E-state index in [1.807, 2.05) is 30.3 Å². The fraction of sp³-hybridized carbons (Fsp3) is 0.0714. The fourth-order valence-corrected chi connectivity index (χ4v) is 2.11. The molecule has 1 N–H and O–H groups in total. The first-order chi connectivity index (χ1) is 9.75. The third kappa shape index (κ3) is 2.35. The van der Waals surface area contributed by atoms with Crippen LogP contribution in [0.3, 0.4) is 0 Å². The van der Waals surface area contributed by atoms with Crippen molar-refractivity contribution < 1.29 is 4.79 Å². The van der Waals surface area contributed by atoms with Gasteiger partial charge < -0.3 is 5.32 Å². The van der Waals surface area contributed by atoms with Gasteiger partial charge in [0.15, 0.2) is 0 Å². The number of rotatable bonds is 2. The molecule has 5 nitrogen and oxygen atoms in total. The van der Waals surface area contributed by atoms with E-state index in [1.165, 1.54) is 4.68 Å². The molecule has 0 aliphatic heterocycles. The number of fused-ring (bicyclic) bond motifs is 1. The molecule has 3 aromatic rings. The van der Waals surface area contributed by atoms with Crippen LogP contribution >= 0.6 is 11.6 Å².